The Kier molecular flexibility index (Phi) is 4.15. The van der Waals surface area contributed by atoms with E-state index in [-0.39, 0.29) is 6.10 Å². The second kappa shape index (κ2) is 6.49. The number of hydrogen-bond donors (Lipinski definition) is 2. The van der Waals surface area contributed by atoms with Crippen LogP contribution in [0.3, 0.4) is 0 Å². The zero-order valence-electron chi connectivity index (χ0n) is 14.5. The fraction of sp³-hybridized carbons (Fsp3) is 0.353. The van der Waals surface area contributed by atoms with Gasteiger partial charge in [-0.25, -0.2) is 15.0 Å². The van der Waals surface area contributed by atoms with E-state index in [1.807, 2.05) is 19.9 Å². The minimum absolute atomic E-state index is 0.280. The third-order valence-corrected chi connectivity index (χ3v) is 5.08. The predicted molar refractivity (Wildman–Crippen MR) is 99.8 cm³/mol. The van der Waals surface area contributed by atoms with Gasteiger partial charge in [0.25, 0.3) is 0 Å². The Labute approximate surface area is 154 Å². The van der Waals surface area contributed by atoms with Crippen LogP contribution in [-0.4, -0.2) is 25.1 Å². The molecule has 0 radical (unpaired) electrons. The smallest absolute Gasteiger partial charge is 0.166 e. The minimum Gasteiger partial charge on any atom is -0.480 e. The number of nitrogens with two attached hydrogens (primary N) is 2. The van der Waals surface area contributed by atoms with Gasteiger partial charge in [-0.1, -0.05) is 11.3 Å². The zero-order chi connectivity index (χ0) is 18.3. The molecule has 1 atom stereocenters. The lowest BCUT2D eigenvalue weighted by Crippen LogP contribution is -2.06. The quantitative estimate of drug-likeness (QED) is 0.703. The molecule has 26 heavy (non-hydrogen) atoms. The fourth-order valence-electron chi connectivity index (χ4n) is 2.56. The van der Waals surface area contributed by atoms with Gasteiger partial charge < -0.3 is 16.2 Å². The summed E-state index contributed by atoms with van der Waals surface area (Å²) in [7, 11) is 0. The maximum Gasteiger partial charge on any atom is 0.166 e. The topological polar surface area (TPSA) is 126 Å². The number of rotatable bonds is 5. The van der Waals surface area contributed by atoms with Crippen molar-refractivity contribution >= 4 is 23.0 Å². The Morgan fingerprint density at radius 3 is 2.69 bits per heavy atom. The van der Waals surface area contributed by atoms with Gasteiger partial charge in [0.2, 0.25) is 0 Å². The van der Waals surface area contributed by atoms with E-state index in [2.05, 4.69) is 25.1 Å². The third-order valence-electron chi connectivity index (χ3n) is 4.08. The van der Waals surface area contributed by atoms with E-state index < -0.39 is 0 Å². The zero-order valence-corrected chi connectivity index (χ0v) is 15.3. The molecule has 0 aliphatic heterocycles. The standard InChI is InChI=1S/C17H19N7OS/c1-8(17-24-23-9(2)26-17)25-13-5-11(7-20-15(13)19)12-6-14(18)22-16(21-12)10-3-4-10/h5-8,10H,3-4H2,1-2H3,(H2,19,20)(H2,18,21,22). The van der Waals surface area contributed by atoms with E-state index >= 15 is 0 Å². The van der Waals surface area contributed by atoms with Crippen LogP contribution >= 0.6 is 11.3 Å². The van der Waals surface area contributed by atoms with Crippen LogP contribution in [0.4, 0.5) is 11.6 Å². The lowest BCUT2D eigenvalue weighted by atomic mass is 10.2. The Morgan fingerprint density at radius 2 is 2.00 bits per heavy atom. The van der Waals surface area contributed by atoms with Gasteiger partial charge in [0.1, 0.15) is 22.8 Å². The predicted octanol–water partition coefficient (Wildman–Crippen LogP) is 2.88. The molecule has 0 aromatic carbocycles. The van der Waals surface area contributed by atoms with Gasteiger partial charge in [0, 0.05) is 23.7 Å². The van der Waals surface area contributed by atoms with Crippen molar-refractivity contribution in [3.05, 3.63) is 34.2 Å². The molecule has 9 heteroatoms. The molecular formula is C17H19N7OS. The van der Waals surface area contributed by atoms with Gasteiger partial charge in [0.05, 0.1) is 5.69 Å². The van der Waals surface area contributed by atoms with Gasteiger partial charge in [0.15, 0.2) is 16.6 Å². The summed E-state index contributed by atoms with van der Waals surface area (Å²) in [5.41, 5.74) is 13.4. The van der Waals surface area contributed by atoms with E-state index in [0.29, 0.717) is 23.3 Å². The van der Waals surface area contributed by atoms with Crippen LogP contribution in [0.25, 0.3) is 11.3 Å². The largest absolute Gasteiger partial charge is 0.480 e. The number of aryl methyl sites for hydroxylation is 1. The maximum absolute atomic E-state index is 5.99. The first kappa shape index (κ1) is 16.6. The van der Waals surface area contributed by atoms with Crippen LogP contribution in [0.15, 0.2) is 18.3 Å². The van der Waals surface area contributed by atoms with Crippen LogP contribution in [-0.2, 0) is 0 Å². The van der Waals surface area contributed by atoms with Gasteiger partial charge >= 0.3 is 0 Å². The molecule has 8 nitrogen and oxygen atoms in total. The molecule has 0 saturated heterocycles. The lowest BCUT2D eigenvalue weighted by Gasteiger charge is -2.14. The first-order valence-electron chi connectivity index (χ1n) is 8.36. The maximum atomic E-state index is 5.99. The average molecular weight is 369 g/mol. The molecule has 1 fully saturated rings. The molecule has 4 rings (SSSR count). The normalized spacial score (nSPS) is 15.0. The molecule has 0 bridgehead atoms. The van der Waals surface area contributed by atoms with Crippen molar-refractivity contribution in [2.75, 3.05) is 11.5 Å². The summed E-state index contributed by atoms with van der Waals surface area (Å²) in [6.07, 6.45) is 3.60. The highest BCUT2D eigenvalue weighted by Gasteiger charge is 2.27. The van der Waals surface area contributed by atoms with Crippen molar-refractivity contribution in [2.24, 2.45) is 0 Å². The number of ether oxygens (including phenoxy) is 1. The molecule has 4 N–H and O–H groups in total. The molecule has 134 valence electrons. The Bertz CT molecular complexity index is 954. The van der Waals surface area contributed by atoms with E-state index in [1.54, 1.807) is 12.3 Å². The van der Waals surface area contributed by atoms with Crippen LogP contribution in [0, 0.1) is 6.92 Å². The molecule has 0 amide bonds. The van der Waals surface area contributed by atoms with Crippen molar-refractivity contribution in [2.45, 2.75) is 38.7 Å². The Balaban J connectivity index is 1.64. The average Bonchev–Trinajstić information content (AvgIpc) is 3.37. The Morgan fingerprint density at radius 1 is 1.19 bits per heavy atom. The number of aromatic nitrogens is 5. The van der Waals surface area contributed by atoms with Crippen LogP contribution in [0.2, 0.25) is 0 Å². The van der Waals surface area contributed by atoms with E-state index in [4.69, 9.17) is 16.2 Å². The fourth-order valence-corrected chi connectivity index (χ4v) is 3.24. The molecular weight excluding hydrogens is 350 g/mol. The van der Waals surface area contributed by atoms with E-state index in [0.717, 1.165) is 39.9 Å². The van der Waals surface area contributed by atoms with E-state index in [9.17, 15) is 0 Å². The molecule has 1 saturated carbocycles. The molecule has 1 aliphatic carbocycles. The van der Waals surface area contributed by atoms with Crippen LogP contribution in [0.5, 0.6) is 5.75 Å². The summed E-state index contributed by atoms with van der Waals surface area (Å²) in [4.78, 5) is 13.2. The second-order valence-corrected chi connectivity index (χ2v) is 7.55. The minimum atomic E-state index is -0.280. The third kappa shape index (κ3) is 3.43. The number of nitrogen functional groups attached to an aromatic ring is 2. The molecule has 1 aliphatic rings. The highest BCUT2D eigenvalue weighted by atomic mass is 32.1. The monoisotopic (exact) mass is 369 g/mol. The lowest BCUT2D eigenvalue weighted by molar-refractivity contribution is 0.226. The summed E-state index contributed by atoms with van der Waals surface area (Å²) in [5.74, 6) is 2.44. The number of pyridine rings is 1. The van der Waals surface area contributed by atoms with Crippen molar-refractivity contribution in [1.82, 2.24) is 25.1 Å². The van der Waals surface area contributed by atoms with Gasteiger partial charge in [-0.3, -0.25) is 0 Å². The van der Waals surface area contributed by atoms with Gasteiger partial charge in [-0.05, 0) is 32.8 Å². The first-order chi connectivity index (χ1) is 12.5. The van der Waals surface area contributed by atoms with E-state index in [1.165, 1.54) is 11.3 Å². The highest BCUT2D eigenvalue weighted by molar-refractivity contribution is 7.11. The SMILES string of the molecule is Cc1nnc(C(C)Oc2cc(-c3cc(N)nc(C4CC4)n3)cnc2N)s1. The van der Waals surface area contributed by atoms with Crippen LogP contribution in [0.1, 0.15) is 47.6 Å². The van der Waals surface area contributed by atoms with Crippen molar-refractivity contribution in [3.63, 3.8) is 0 Å². The highest BCUT2D eigenvalue weighted by Crippen LogP contribution is 2.39. The van der Waals surface area contributed by atoms with Crippen molar-refractivity contribution < 1.29 is 4.74 Å². The van der Waals surface area contributed by atoms with Crippen LogP contribution < -0.4 is 16.2 Å². The molecule has 3 aromatic heterocycles. The number of nitrogens with zero attached hydrogens (tertiary/aromatic N) is 5. The summed E-state index contributed by atoms with van der Waals surface area (Å²) >= 11 is 1.49. The first-order valence-corrected chi connectivity index (χ1v) is 9.18. The Hall–Kier alpha value is -2.81. The second-order valence-electron chi connectivity index (χ2n) is 6.34. The number of anilines is 2. The summed E-state index contributed by atoms with van der Waals surface area (Å²) in [5, 5.41) is 9.81. The van der Waals surface area contributed by atoms with Gasteiger partial charge in [-0.15, -0.1) is 10.2 Å². The molecule has 3 aromatic rings. The summed E-state index contributed by atoms with van der Waals surface area (Å²) in [6, 6.07) is 3.56. The van der Waals surface area contributed by atoms with Gasteiger partial charge in [-0.2, -0.15) is 0 Å². The molecule has 0 spiro atoms. The summed E-state index contributed by atoms with van der Waals surface area (Å²) in [6.45, 7) is 3.81. The van der Waals surface area contributed by atoms with Crippen molar-refractivity contribution in [1.29, 1.82) is 0 Å². The number of hydrogen-bond acceptors (Lipinski definition) is 9. The molecule has 3 heterocycles. The summed E-state index contributed by atoms with van der Waals surface area (Å²) < 4.78 is 5.97. The molecule has 1 unspecified atom stereocenters. The van der Waals surface area contributed by atoms with Crippen molar-refractivity contribution in [3.8, 4) is 17.0 Å².